The fraction of sp³-hybridized carbons (Fsp3) is 0.647. The molecule has 1 fully saturated rings. The maximum Gasteiger partial charge on any atom is 0.240 e. The lowest BCUT2D eigenvalue weighted by molar-refractivity contribution is 0.190. The average molecular weight is 366 g/mol. The number of rotatable bonds is 8. The van der Waals surface area contributed by atoms with E-state index in [4.69, 9.17) is 5.53 Å². The predicted octanol–water partition coefficient (Wildman–Crippen LogP) is 3.11. The van der Waals surface area contributed by atoms with Crippen LogP contribution in [-0.4, -0.2) is 46.0 Å². The highest BCUT2D eigenvalue weighted by atomic mass is 32.2. The van der Waals surface area contributed by atoms with Crippen molar-refractivity contribution in [1.82, 2.24) is 9.62 Å². The van der Waals surface area contributed by atoms with Crippen LogP contribution in [0.5, 0.6) is 0 Å². The Balaban J connectivity index is 1.78. The minimum Gasteiger partial charge on any atom is -0.302 e. The topological polar surface area (TPSA) is 98.2 Å². The lowest BCUT2D eigenvalue weighted by Crippen LogP contribution is -2.40. The van der Waals surface area contributed by atoms with Gasteiger partial charge < -0.3 is 4.90 Å². The largest absolute Gasteiger partial charge is 0.302 e. The van der Waals surface area contributed by atoms with Crippen LogP contribution < -0.4 is 4.72 Å². The molecular formula is C17H27N5O2S. The van der Waals surface area contributed by atoms with E-state index in [2.05, 4.69) is 33.5 Å². The van der Waals surface area contributed by atoms with Crippen LogP contribution in [0.25, 0.3) is 10.4 Å². The number of piperidine rings is 1. The summed E-state index contributed by atoms with van der Waals surface area (Å²) in [6.45, 7) is 7.64. The van der Waals surface area contributed by atoms with Gasteiger partial charge >= 0.3 is 0 Å². The van der Waals surface area contributed by atoms with Crippen molar-refractivity contribution in [2.75, 3.05) is 32.7 Å². The summed E-state index contributed by atoms with van der Waals surface area (Å²) >= 11 is 0. The fourth-order valence-electron chi connectivity index (χ4n) is 3.00. The van der Waals surface area contributed by atoms with Crippen molar-refractivity contribution in [3.8, 4) is 0 Å². The van der Waals surface area contributed by atoms with Crippen molar-refractivity contribution >= 4 is 10.0 Å². The molecule has 0 amide bonds. The molecule has 1 saturated heterocycles. The van der Waals surface area contributed by atoms with E-state index in [0.29, 0.717) is 36.4 Å². The fourth-order valence-corrected chi connectivity index (χ4v) is 4.02. The highest BCUT2D eigenvalue weighted by molar-refractivity contribution is 7.89. The van der Waals surface area contributed by atoms with E-state index < -0.39 is 10.0 Å². The zero-order valence-corrected chi connectivity index (χ0v) is 15.7. The van der Waals surface area contributed by atoms with Gasteiger partial charge in [-0.25, -0.2) is 13.1 Å². The number of hydrogen-bond donors (Lipinski definition) is 1. The molecule has 25 heavy (non-hydrogen) atoms. The first kappa shape index (κ1) is 19.7. The van der Waals surface area contributed by atoms with Gasteiger partial charge in [-0.1, -0.05) is 31.1 Å². The molecule has 138 valence electrons. The van der Waals surface area contributed by atoms with Crippen LogP contribution in [0.4, 0.5) is 0 Å². The van der Waals surface area contributed by atoms with E-state index in [0.717, 1.165) is 31.5 Å². The molecule has 0 aromatic heterocycles. The van der Waals surface area contributed by atoms with Gasteiger partial charge in [0, 0.05) is 24.5 Å². The van der Waals surface area contributed by atoms with Crippen LogP contribution >= 0.6 is 0 Å². The van der Waals surface area contributed by atoms with E-state index in [-0.39, 0.29) is 0 Å². The van der Waals surface area contributed by atoms with Gasteiger partial charge in [-0.15, -0.1) is 0 Å². The molecule has 1 aliphatic heterocycles. The van der Waals surface area contributed by atoms with Crippen LogP contribution in [0.1, 0.15) is 38.2 Å². The van der Waals surface area contributed by atoms with E-state index in [9.17, 15) is 8.42 Å². The monoisotopic (exact) mass is 365 g/mol. The third kappa shape index (κ3) is 6.01. The van der Waals surface area contributed by atoms with Crippen LogP contribution in [0.2, 0.25) is 0 Å². The second-order valence-corrected chi connectivity index (χ2v) is 8.59. The van der Waals surface area contributed by atoms with Crippen molar-refractivity contribution in [1.29, 1.82) is 0 Å². The molecule has 0 atom stereocenters. The Bertz CT molecular complexity index is 688. The molecule has 0 unspecified atom stereocenters. The number of hydrogen-bond acceptors (Lipinski definition) is 4. The first-order valence-corrected chi connectivity index (χ1v) is 10.2. The first-order valence-electron chi connectivity index (χ1n) is 8.75. The zero-order chi connectivity index (χ0) is 18.3. The standard InChI is InChI=1S/C17H27N5O2S/c1-14(2)16-3-5-17(6-4-16)25(23,24)20-9-12-22-10-7-15(8-11-22)13-19-21-18/h3-6,14-15,20H,7-13H2,1-2H3. The second-order valence-electron chi connectivity index (χ2n) is 6.82. The van der Waals surface area contributed by atoms with E-state index in [1.807, 2.05) is 12.1 Å². The third-order valence-electron chi connectivity index (χ3n) is 4.69. The van der Waals surface area contributed by atoms with Gasteiger partial charge in [0.1, 0.15) is 0 Å². The van der Waals surface area contributed by atoms with Crippen molar-refractivity contribution in [2.45, 2.75) is 37.5 Å². The summed E-state index contributed by atoms with van der Waals surface area (Å²) in [4.78, 5) is 5.36. The quantitative estimate of drug-likeness (QED) is 0.435. The van der Waals surface area contributed by atoms with Gasteiger partial charge in [-0.3, -0.25) is 0 Å². The maximum atomic E-state index is 12.3. The minimum absolute atomic E-state index is 0.310. The van der Waals surface area contributed by atoms with Crippen molar-refractivity contribution in [3.05, 3.63) is 40.3 Å². The molecule has 1 aromatic carbocycles. The normalized spacial score (nSPS) is 16.8. The van der Waals surface area contributed by atoms with E-state index in [1.165, 1.54) is 0 Å². The molecule has 1 aliphatic rings. The number of sulfonamides is 1. The molecule has 8 heteroatoms. The Hall–Kier alpha value is -1.60. The smallest absolute Gasteiger partial charge is 0.240 e. The van der Waals surface area contributed by atoms with Crippen LogP contribution in [-0.2, 0) is 10.0 Å². The molecule has 7 nitrogen and oxygen atoms in total. The summed E-state index contributed by atoms with van der Waals surface area (Å²) in [5, 5.41) is 3.64. The van der Waals surface area contributed by atoms with Gasteiger partial charge in [0.25, 0.3) is 0 Å². The SMILES string of the molecule is CC(C)c1ccc(S(=O)(=O)NCCN2CCC(CN=[N+]=[N-])CC2)cc1. The van der Waals surface area contributed by atoms with E-state index >= 15 is 0 Å². The summed E-state index contributed by atoms with van der Waals surface area (Å²) in [6, 6.07) is 7.07. The van der Waals surface area contributed by atoms with E-state index in [1.54, 1.807) is 12.1 Å². The number of nitrogens with one attached hydrogen (secondary N) is 1. The molecule has 0 bridgehead atoms. The highest BCUT2D eigenvalue weighted by Crippen LogP contribution is 2.18. The average Bonchev–Trinajstić information content (AvgIpc) is 2.61. The number of nitrogens with zero attached hydrogens (tertiary/aromatic N) is 4. The van der Waals surface area contributed by atoms with Crippen molar-refractivity contribution in [3.63, 3.8) is 0 Å². The summed E-state index contributed by atoms with van der Waals surface area (Å²) in [6.07, 6.45) is 1.98. The Labute approximate surface area is 150 Å². The molecule has 2 rings (SSSR count). The van der Waals surface area contributed by atoms with Crippen LogP contribution in [0.3, 0.4) is 0 Å². The molecule has 0 radical (unpaired) electrons. The van der Waals surface area contributed by atoms with Crippen molar-refractivity contribution < 1.29 is 8.42 Å². The molecule has 1 heterocycles. The Morgan fingerprint density at radius 2 is 1.92 bits per heavy atom. The lowest BCUT2D eigenvalue weighted by atomic mass is 9.97. The molecular weight excluding hydrogens is 338 g/mol. The zero-order valence-electron chi connectivity index (χ0n) is 14.9. The molecule has 0 spiro atoms. The van der Waals surface area contributed by atoms with Crippen LogP contribution in [0, 0.1) is 5.92 Å². The number of benzene rings is 1. The van der Waals surface area contributed by atoms with Gasteiger partial charge in [0.2, 0.25) is 10.0 Å². The summed E-state index contributed by atoms with van der Waals surface area (Å²) < 4.78 is 27.4. The highest BCUT2D eigenvalue weighted by Gasteiger charge is 2.19. The van der Waals surface area contributed by atoms with Gasteiger partial charge in [-0.2, -0.15) is 0 Å². The number of azide groups is 1. The number of likely N-dealkylation sites (tertiary alicyclic amines) is 1. The summed E-state index contributed by atoms with van der Waals surface area (Å²) in [7, 11) is -3.46. The molecule has 0 aliphatic carbocycles. The summed E-state index contributed by atoms with van der Waals surface area (Å²) in [5.74, 6) is 0.829. The predicted molar refractivity (Wildman–Crippen MR) is 98.9 cm³/mol. The van der Waals surface area contributed by atoms with Gasteiger partial charge in [0.15, 0.2) is 0 Å². The van der Waals surface area contributed by atoms with Gasteiger partial charge in [-0.05, 0) is 61.0 Å². The van der Waals surface area contributed by atoms with Crippen LogP contribution in [0.15, 0.2) is 34.3 Å². The molecule has 0 saturated carbocycles. The molecule has 1 N–H and O–H groups in total. The second kappa shape index (κ2) is 9.20. The molecule has 1 aromatic rings. The summed E-state index contributed by atoms with van der Waals surface area (Å²) in [5.41, 5.74) is 9.49. The van der Waals surface area contributed by atoms with Crippen molar-refractivity contribution in [2.24, 2.45) is 11.0 Å². The van der Waals surface area contributed by atoms with Gasteiger partial charge in [0.05, 0.1) is 4.90 Å². The Morgan fingerprint density at radius 3 is 2.48 bits per heavy atom. The minimum atomic E-state index is -3.46. The Morgan fingerprint density at radius 1 is 1.28 bits per heavy atom. The third-order valence-corrected chi connectivity index (χ3v) is 6.16. The Kier molecular flexibility index (Phi) is 7.25. The maximum absolute atomic E-state index is 12.3. The lowest BCUT2D eigenvalue weighted by Gasteiger charge is -2.31. The first-order chi connectivity index (χ1) is 11.9.